The van der Waals surface area contributed by atoms with Crippen LogP contribution in [-0.2, 0) is 14.8 Å². The standard InChI is InChI=1S/C16H23FN4O4S/c1-26(23,24)21-7-4-12(5-8-21)15(22)20-6-2-3-14(11-20)25-16-18-9-13(17)10-19-16/h9-10,12,14H,2-8,11H2,1H3. The van der Waals surface area contributed by atoms with Gasteiger partial charge in [-0.3, -0.25) is 4.79 Å². The molecule has 8 nitrogen and oxygen atoms in total. The second-order valence-corrected chi connectivity index (χ2v) is 8.77. The van der Waals surface area contributed by atoms with Crippen molar-refractivity contribution in [3.05, 3.63) is 18.2 Å². The summed E-state index contributed by atoms with van der Waals surface area (Å²) in [6.07, 6.45) is 5.71. The van der Waals surface area contributed by atoms with Crippen LogP contribution in [-0.4, -0.2) is 72.0 Å². The van der Waals surface area contributed by atoms with E-state index in [1.54, 1.807) is 4.90 Å². The molecule has 0 bridgehead atoms. The van der Waals surface area contributed by atoms with Gasteiger partial charge in [0, 0.05) is 25.6 Å². The molecule has 0 N–H and O–H groups in total. The Morgan fingerprint density at radius 1 is 1.19 bits per heavy atom. The number of carbonyl (C=O) groups excluding carboxylic acids is 1. The van der Waals surface area contributed by atoms with Gasteiger partial charge in [0.2, 0.25) is 15.9 Å². The van der Waals surface area contributed by atoms with Gasteiger partial charge < -0.3 is 9.64 Å². The largest absolute Gasteiger partial charge is 0.458 e. The van der Waals surface area contributed by atoms with Crippen LogP contribution in [0.5, 0.6) is 6.01 Å². The Kier molecular flexibility index (Phi) is 5.71. The molecule has 2 fully saturated rings. The first-order chi connectivity index (χ1) is 12.3. The molecule has 3 rings (SSSR count). The topological polar surface area (TPSA) is 92.7 Å². The van der Waals surface area contributed by atoms with E-state index in [1.807, 2.05) is 0 Å². The third-order valence-corrected chi connectivity index (χ3v) is 6.13. The van der Waals surface area contributed by atoms with Crippen molar-refractivity contribution < 1.29 is 22.3 Å². The molecule has 10 heteroatoms. The fourth-order valence-corrected chi connectivity index (χ4v) is 4.31. The normalized spacial score (nSPS) is 23.0. The zero-order valence-corrected chi connectivity index (χ0v) is 15.5. The maximum absolute atomic E-state index is 12.9. The van der Waals surface area contributed by atoms with Crippen LogP contribution in [0.15, 0.2) is 12.4 Å². The predicted molar refractivity (Wildman–Crippen MR) is 91.4 cm³/mol. The molecule has 2 saturated heterocycles. The van der Waals surface area contributed by atoms with Gasteiger partial charge in [-0.1, -0.05) is 0 Å². The van der Waals surface area contributed by atoms with Crippen molar-refractivity contribution in [2.75, 3.05) is 32.4 Å². The van der Waals surface area contributed by atoms with Gasteiger partial charge in [0.05, 0.1) is 25.2 Å². The van der Waals surface area contributed by atoms with Crippen LogP contribution in [0.2, 0.25) is 0 Å². The lowest BCUT2D eigenvalue weighted by atomic mass is 9.95. The molecule has 1 amide bonds. The van der Waals surface area contributed by atoms with E-state index in [-0.39, 0.29) is 23.9 Å². The third kappa shape index (κ3) is 4.67. The summed E-state index contributed by atoms with van der Waals surface area (Å²) >= 11 is 0. The fraction of sp³-hybridized carbons (Fsp3) is 0.688. The molecule has 1 aromatic rings. The minimum absolute atomic E-state index is 0.0477. The van der Waals surface area contributed by atoms with Crippen molar-refractivity contribution in [1.82, 2.24) is 19.2 Å². The maximum atomic E-state index is 12.9. The number of aromatic nitrogens is 2. The summed E-state index contributed by atoms with van der Waals surface area (Å²) in [5.41, 5.74) is 0. The van der Waals surface area contributed by atoms with E-state index in [1.165, 1.54) is 10.6 Å². The molecular weight excluding hydrogens is 363 g/mol. The van der Waals surface area contributed by atoms with Crippen molar-refractivity contribution in [1.29, 1.82) is 0 Å². The molecule has 1 atom stereocenters. The van der Waals surface area contributed by atoms with E-state index < -0.39 is 15.8 Å². The van der Waals surface area contributed by atoms with Gasteiger partial charge in [-0.25, -0.2) is 27.1 Å². The van der Waals surface area contributed by atoms with Crippen LogP contribution in [0.3, 0.4) is 0 Å². The highest BCUT2D eigenvalue weighted by atomic mass is 32.2. The molecule has 2 aliphatic rings. The van der Waals surface area contributed by atoms with Crippen LogP contribution in [0.4, 0.5) is 4.39 Å². The molecule has 0 spiro atoms. The summed E-state index contributed by atoms with van der Waals surface area (Å²) in [5, 5.41) is 0. The summed E-state index contributed by atoms with van der Waals surface area (Å²) < 4.78 is 43.1. The summed E-state index contributed by atoms with van der Waals surface area (Å²) in [7, 11) is -3.20. The first kappa shape index (κ1) is 19.0. The second kappa shape index (κ2) is 7.83. The van der Waals surface area contributed by atoms with Crippen LogP contribution < -0.4 is 4.74 Å². The quantitative estimate of drug-likeness (QED) is 0.755. The number of hydrogen-bond donors (Lipinski definition) is 0. The second-order valence-electron chi connectivity index (χ2n) is 6.79. The molecule has 0 radical (unpaired) electrons. The van der Waals surface area contributed by atoms with Gasteiger partial charge >= 0.3 is 6.01 Å². The van der Waals surface area contributed by atoms with Gasteiger partial charge in [-0.2, -0.15) is 0 Å². The number of carbonyl (C=O) groups is 1. The van der Waals surface area contributed by atoms with Crippen molar-refractivity contribution in [3.8, 4) is 6.01 Å². The van der Waals surface area contributed by atoms with E-state index >= 15 is 0 Å². The number of likely N-dealkylation sites (tertiary alicyclic amines) is 1. The first-order valence-electron chi connectivity index (χ1n) is 8.71. The van der Waals surface area contributed by atoms with E-state index in [0.717, 1.165) is 25.2 Å². The van der Waals surface area contributed by atoms with E-state index in [4.69, 9.17) is 4.74 Å². The summed E-state index contributed by atoms with van der Waals surface area (Å²) in [4.78, 5) is 22.1. The Morgan fingerprint density at radius 3 is 2.46 bits per heavy atom. The van der Waals surface area contributed by atoms with Crippen LogP contribution in [0, 0.1) is 11.7 Å². The van der Waals surface area contributed by atoms with Crippen molar-refractivity contribution in [2.24, 2.45) is 5.92 Å². The highest BCUT2D eigenvalue weighted by molar-refractivity contribution is 7.88. The minimum atomic E-state index is -3.20. The van der Waals surface area contributed by atoms with Crippen molar-refractivity contribution in [3.63, 3.8) is 0 Å². The third-order valence-electron chi connectivity index (χ3n) is 4.83. The van der Waals surface area contributed by atoms with Crippen LogP contribution in [0.25, 0.3) is 0 Å². The molecule has 1 unspecified atom stereocenters. The molecule has 144 valence electrons. The first-order valence-corrected chi connectivity index (χ1v) is 10.6. The number of piperidine rings is 2. The van der Waals surface area contributed by atoms with Crippen molar-refractivity contribution >= 4 is 15.9 Å². The van der Waals surface area contributed by atoms with Gasteiger partial charge in [-0.15, -0.1) is 0 Å². The Bertz CT molecular complexity index is 735. The number of sulfonamides is 1. The molecule has 0 aliphatic carbocycles. The van der Waals surface area contributed by atoms with Gasteiger partial charge in [0.25, 0.3) is 0 Å². The average molecular weight is 386 g/mol. The highest BCUT2D eigenvalue weighted by Crippen LogP contribution is 2.24. The molecule has 2 aliphatic heterocycles. The predicted octanol–water partition coefficient (Wildman–Crippen LogP) is 0.657. The molecule has 26 heavy (non-hydrogen) atoms. The van der Waals surface area contributed by atoms with Crippen LogP contribution in [0.1, 0.15) is 25.7 Å². The number of amides is 1. The fourth-order valence-electron chi connectivity index (χ4n) is 3.44. The number of hydrogen-bond acceptors (Lipinski definition) is 6. The van der Waals surface area contributed by atoms with Crippen LogP contribution >= 0.6 is 0 Å². The molecule has 0 aromatic carbocycles. The molecule has 3 heterocycles. The molecule has 0 saturated carbocycles. The summed E-state index contributed by atoms with van der Waals surface area (Å²) in [6.45, 7) is 1.86. The van der Waals surface area contributed by atoms with E-state index in [0.29, 0.717) is 39.0 Å². The van der Waals surface area contributed by atoms with Crippen molar-refractivity contribution in [2.45, 2.75) is 31.8 Å². The smallest absolute Gasteiger partial charge is 0.316 e. The molecular formula is C16H23FN4O4S. The zero-order valence-electron chi connectivity index (χ0n) is 14.7. The summed E-state index contributed by atoms with van der Waals surface area (Å²) in [6, 6.07) is 0.104. The number of halogens is 1. The highest BCUT2D eigenvalue weighted by Gasteiger charge is 2.33. The monoisotopic (exact) mass is 386 g/mol. The summed E-state index contributed by atoms with van der Waals surface area (Å²) in [5.74, 6) is -0.640. The van der Waals surface area contributed by atoms with E-state index in [2.05, 4.69) is 9.97 Å². The maximum Gasteiger partial charge on any atom is 0.316 e. The average Bonchev–Trinajstić information content (AvgIpc) is 2.63. The van der Waals surface area contributed by atoms with E-state index in [9.17, 15) is 17.6 Å². The lowest BCUT2D eigenvalue weighted by Gasteiger charge is -2.37. The lowest BCUT2D eigenvalue weighted by molar-refractivity contribution is -0.139. The minimum Gasteiger partial charge on any atom is -0.458 e. The number of nitrogens with zero attached hydrogens (tertiary/aromatic N) is 4. The SMILES string of the molecule is CS(=O)(=O)N1CCC(C(=O)N2CCCC(Oc3ncc(F)cn3)C2)CC1. The Balaban J connectivity index is 1.54. The zero-order chi connectivity index (χ0) is 18.7. The van der Waals surface area contributed by atoms with Gasteiger partial charge in [0.15, 0.2) is 5.82 Å². The Hall–Kier alpha value is -1.81. The number of rotatable bonds is 4. The van der Waals surface area contributed by atoms with Gasteiger partial charge in [-0.05, 0) is 25.7 Å². The number of ether oxygens (including phenoxy) is 1. The Labute approximate surface area is 152 Å². The van der Waals surface area contributed by atoms with Gasteiger partial charge in [0.1, 0.15) is 6.10 Å². The molecule has 1 aromatic heterocycles. The Morgan fingerprint density at radius 2 is 1.85 bits per heavy atom. The lowest BCUT2D eigenvalue weighted by Crippen LogP contribution is -2.49.